The average Bonchev–Trinajstić information content (AvgIpc) is 2.24. The molecule has 1 aromatic carbocycles. The Morgan fingerprint density at radius 2 is 2.00 bits per heavy atom. The zero-order valence-corrected chi connectivity index (χ0v) is 11.2. The molecule has 0 heterocycles. The van der Waals surface area contributed by atoms with E-state index < -0.39 is 0 Å². The van der Waals surface area contributed by atoms with Gasteiger partial charge in [-0.25, -0.2) is 0 Å². The van der Waals surface area contributed by atoms with Crippen LogP contribution in [0.1, 0.15) is 18.9 Å². The zero-order valence-electron chi connectivity index (χ0n) is 9.65. The Balaban J connectivity index is 2.47. The van der Waals surface area contributed by atoms with Gasteiger partial charge in [0, 0.05) is 22.2 Å². The van der Waals surface area contributed by atoms with Crippen LogP contribution in [0.2, 0.25) is 10.0 Å². The Morgan fingerprint density at radius 1 is 1.25 bits per heavy atom. The number of nitrogens with one attached hydrogen (secondary N) is 1. The molecule has 0 radical (unpaired) electrons. The Morgan fingerprint density at radius 3 is 2.69 bits per heavy atom. The van der Waals surface area contributed by atoms with Gasteiger partial charge in [-0.3, -0.25) is 0 Å². The van der Waals surface area contributed by atoms with Gasteiger partial charge in [0.25, 0.3) is 0 Å². The topological polar surface area (TPSA) is 21.3 Å². The van der Waals surface area contributed by atoms with E-state index in [-0.39, 0.29) is 0 Å². The molecule has 0 aromatic heterocycles. The first kappa shape index (κ1) is 13.6. The normalized spacial score (nSPS) is 10.5. The second kappa shape index (κ2) is 7.00. The standard InChI is InChI=1S/C12H17Cl2NO/c1-3-4-15-5-6-16-12-8-10(13)7-11(14)9(12)2/h7-8,15H,3-6H2,1-2H3. The van der Waals surface area contributed by atoms with Crippen LogP contribution >= 0.6 is 23.2 Å². The molecule has 0 unspecified atom stereocenters. The monoisotopic (exact) mass is 261 g/mol. The molecule has 1 N–H and O–H groups in total. The molecule has 0 amide bonds. The van der Waals surface area contributed by atoms with E-state index in [1.165, 1.54) is 0 Å². The molecule has 1 rings (SSSR count). The molecule has 2 nitrogen and oxygen atoms in total. The van der Waals surface area contributed by atoms with Crippen molar-refractivity contribution >= 4 is 23.2 Å². The van der Waals surface area contributed by atoms with E-state index in [0.29, 0.717) is 16.7 Å². The fraction of sp³-hybridized carbons (Fsp3) is 0.500. The molecule has 0 saturated heterocycles. The highest BCUT2D eigenvalue weighted by Crippen LogP contribution is 2.29. The predicted molar refractivity (Wildman–Crippen MR) is 69.9 cm³/mol. The largest absolute Gasteiger partial charge is 0.492 e. The lowest BCUT2D eigenvalue weighted by Crippen LogP contribution is -2.21. The van der Waals surface area contributed by atoms with E-state index in [2.05, 4.69) is 12.2 Å². The quantitative estimate of drug-likeness (QED) is 0.789. The van der Waals surface area contributed by atoms with Gasteiger partial charge in [-0.15, -0.1) is 0 Å². The molecule has 1 aromatic rings. The van der Waals surface area contributed by atoms with Crippen LogP contribution in [0, 0.1) is 6.92 Å². The van der Waals surface area contributed by atoms with Gasteiger partial charge in [-0.05, 0) is 32.0 Å². The van der Waals surface area contributed by atoms with Crippen molar-refractivity contribution in [3.8, 4) is 5.75 Å². The van der Waals surface area contributed by atoms with Gasteiger partial charge in [-0.2, -0.15) is 0 Å². The third kappa shape index (κ3) is 4.20. The summed E-state index contributed by atoms with van der Waals surface area (Å²) < 4.78 is 5.61. The van der Waals surface area contributed by atoms with E-state index in [1.807, 2.05) is 6.92 Å². The molecular formula is C12H17Cl2NO. The lowest BCUT2D eigenvalue weighted by molar-refractivity contribution is 0.312. The lowest BCUT2D eigenvalue weighted by Gasteiger charge is -2.11. The highest BCUT2D eigenvalue weighted by molar-refractivity contribution is 6.35. The summed E-state index contributed by atoms with van der Waals surface area (Å²) in [5.74, 6) is 0.760. The van der Waals surface area contributed by atoms with E-state index in [0.717, 1.165) is 30.8 Å². The van der Waals surface area contributed by atoms with Crippen LogP contribution in [0.3, 0.4) is 0 Å². The van der Waals surface area contributed by atoms with E-state index in [1.54, 1.807) is 12.1 Å². The summed E-state index contributed by atoms with van der Waals surface area (Å²) in [4.78, 5) is 0. The third-order valence-electron chi connectivity index (χ3n) is 2.22. The van der Waals surface area contributed by atoms with Gasteiger partial charge in [0.2, 0.25) is 0 Å². The first-order valence-corrected chi connectivity index (χ1v) is 6.20. The summed E-state index contributed by atoms with van der Waals surface area (Å²) in [6.45, 7) is 6.52. The van der Waals surface area contributed by atoms with E-state index >= 15 is 0 Å². The van der Waals surface area contributed by atoms with Crippen LogP contribution in [0.4, 0.5) is 0 Å². The molecule has 0 spiro atoms. The van der Waals surface area contributed by atoms with Crippen molar-refractivity contribution in [3.63, 3.8) is 0 Å². The number of hydrogen-bond donors (Lipinski definition) is 1. The van der Waals surface area contributed by atoms with Gasteiger partial charge in [0.1, 0.15) is 12.4 Å². The summed E-state index contributed by atoms with van der Waals surface area (Å²) in [7, 11) is 0. The summed E-state index contributed by atoms with van der Waals surface area (Å²) in [6.07, 6.45) is 1.13. The second-order valence-electron chi connectivity index (χ2n) is 3.61. The Bertz CT molecular complexity index is 342. The van der Waals surface area contributed by atoms with E-state index in [4.69, 9.17) is 27.9 Å². The van der Waals surface area contributed by atoms with Crippen LogP contribution in [0.5, 0.6) is 5.75 Å². The van der Waals surface area contributed by atoms with Gasteiger partial charge < -0.3 is 10.1 Å². The molecule has 4 heteroatoms. The predicted octanol–water partition coefficient (Wildman–Crippen LogP) is 3.68. The van der Waals surface area contributed by atoms with Crippen molar-refractivity contribution in [2.75, 3.05) is 19.7 Å². The van der Waals surface area contributed by atoms with Crippen molar-refractivity contribution < 1.29 is 4.74 Å². The Hall–Kier alpha value is -0.440. The van der Waals surface area contributed by atoms with Crippen molar-refractivity contribution in [1.82, 2.24) is 5.32 Å². The summed E-state index contributed by atoms with van der Waals surface area (Å²) in [5, 5.41) is 4.51. The van der Waals surface area contributed by atoms with Gasteiger partial charge >= 0.3 is 0 Å². The molecular weight excluding hydrogens is 245 g/mol. The molecule has 0 aliphatic rings. The molecule has 16 heavy (non-hydrogen) atoms. The highest BCUT2D eigenvalue weighted by Gasteiger charge is 2.05. The lowest BCUT2D eigenvalue weighted by atomic mass is 10.2. The molecule has 0 aliphatic carbocycles. The Kier molecular flexibility index (Phi) is 5.96. The SMILES string of the molecule is CCCNCCOc1cc(Cl)cc(Cl)c1C. The summed E-state index contributed by atoms with van der Waals surface area (Å²) >= 11 is 11.9. The van der Waals surface area contributed by atoms with Crippen molar-refractivity contribution in [1.29, 1.82) is 0 Å². The maximum Gasteiger partial charge on any atom is 0.125 e. The average molecular weight is 262 g/mol. The minimum absolute atomic E-state index is 0.604. The maximum atomic E-state index is 6.00. The van der Waals surface area contributed by atoms with Crippen LogP contribution in [0.25, 0.3) is 0 Å². The number of halogens is 2. The first-order chi connectivity index (χ1) is 7.65. The molecule has 0 fully saturated rings. The molecule has 0 saturated carbocycles. The van der Waals surface area contributed by atoms with Crippen molar-refractivity contribution in [3.05, 3.63) is 27.7 Å². The summed E-state index contributed by atoms with van der Waals surface area (Å²) in [5.41, 5.74) is 0.932. The van der Waals surface area contributed by atoms with Gasteiger partial charge in [0.15, 0.2) is 0 Å². The first-order valence-electron chi connectivity index (χ1n) is 5.44. The molecule has 0 bridgehead atoms. The van der Waals surface area contributed by atoms with Crippen LogP contribution in [-0.2, 0) is 0 Å². The zero-order chi connectivity index (χ0) is 12.0. The van der Waals surface area contributed by atoms with Crippen molar-refractivity contribution in [2.45, 2.75) is 20.3 Å². The minimum Gasteiger partial charge on any atom is -0.492 e. The molecule has 0 atom stereocenters. The number of benzene rings is 1. The molecule has 90 valence electrons. The van der Waals surface area contributed by atoms with E-state index in [9.17, 15) is 0 Å². The number of ether oxygens (including phenoxy) is 1. The second-order valence-corrected chi connectivity index (χ2v) is 4.45. The maximum absolute atomic E-state index is 6.00. The van der Waals surface area contributed by atoms with Gasteiger partial charge in [0.05, 0.1) is 0 Å². The number of rotatable bonds is 6. The third-order valence-corrected chi connectivity index (χ3v) is 2.84. The van der Waals surface area contributed by atoms with Crippen molar-refractivity contribution in [2.24, 2.45) is 0 Å². The fourth-order valence-electron chi connectivity index (χ4n) is 1.31. The van der Waals surface area contributed by atoms with Crippen LogP contribution < -0.4 is 10.1 Å². The smallest absolute Gasteiger partial charge is 0.125 e. The number of hydrogen-bond acceptors (Lipinski definition) is 2. The fourth-order valence-corrected chi connectivity index (χ4v) is 1.78. The summed E-state index contributed by atoms with van der Waals surface area (Å²) in [6, 6.07) is 3.52. The van der Waals surface area contributed by atoms with Crippen LogP contribution in [0.15, 0.2) is 12.1 Å². The van der Waals surface area contributed by atoms with Gasteiger partial charge in [-0.1, -0.05) is 30.1 Å². The van der Waals surface area contributed by atoms with Crippen LogP contribution in [-0.4, -0.2) is 19.7 Å². The molecule has 0 aliphatic heterocycles. The highest BCUT2D eigenvalue weighted by atomic mass is 35.5. The Labute approximate surface area is 107 Å². The minimum atomic E-state index is 0.604.